The standard InChI is InChI=1S/C11H16NO2P/c13-15(11-7-3-1-4-8-11)12-9-5-2-6-10-14-15/h1,3-4,7-8H,2,5-6,9-10H2,(H,12,13). The van der Waals surface area contributed by atoms with E-state index in [2.05, 4.69) is 5.09 Å². The van der Waals surface area contributed by atoms with Gasteiger partial charge in [-0.15, -0.1) is 0 Å². The van der Waals surface area contributed by atoms with Crippen LogP contribution in [0.5, 0.6) is 0 Å². The molecule has 1 aromatic rings. The van der Waals surface area contributed by atoms with Gasteiger partial charge in [0.25, 0.3) is 7.52 Å². The molecule has 0 aliphatic carbocycles. The van der Waals surface area contributed by atoms with E-state index in [0.717, 1.165) is 31.1 Å². The van der Waals surface area contributed by atoms with Crippen LogP contribution in [0.25, 0.3) is 0 Å². The molecule has 3 nitrogen and oxygen atoms in total. The van der Waals surface area contributed by atoms with Gasteiger partial charge in [0.1, 0.15) is 0 Å². The van der Waals surface area contributed by atoms with Gasteiger partial charge < -0.3 is 4.52 Å². The van der Waals surface area contributed by atoms with Crippen molar-refractivity contribution in [2.45, 2.75) is 19.3 Å². The highest BCUT2D eigenvalue weighted by molar-refractivity contribution is 7.65. The summed E-state index contributed by atoms with van der Waals surface area (Å²) in [6.45, 7) is 1.35. The monoisotopic (exact) mass is 225 g/mol. The molecule has 0 spiro atoms. The molecule has 1 heterocycles. The van der Waals surface area contributed by atoms with Gasteiger partial charge in [-0.05, 0) is 31.4 Å². The summed E-state index contributed by atoms with van der Waals surface area (Å²) in [4.78, 5) is 0. The van der Waals surface area contributed by atoms with Crippen molar-refractivity contribution in [3.8, 4) is 0 Å². The Hall–Kier alpha value is -0.630. The maximum atomic E-state index is 12.5. The van der Waals surface area contributed by atoms with Gasteiger partial charge in [-0.25, -0.2) is 5.09 Å². The SMILES string of the molecule is O=P1(c2ccccc2)NCCCCCO1. The third-order valence-corrected chi connectivity index (χ3v) is 4.67. The van der Waals surface area contributed by atoms with Crippen LogP contribution in [0, 0.1) is 0 Å². The minimum atomic E-state index is -2.79. The highest BCUT2D eigenvalue weighted by Gasteiger charge is 2.25. The quantitative estimate of drug-likeness (QED) is 0.745. The fraction of sp³-hybridized carbons (Fsp3) is 0.455. The minimum Gasteiger partial charge on any atom is -0.314 e. The van der Waals surface area contributed by atoms with E-state index in [1.54, 1.807) is 0 Å². The van der Waals surface area contributed by atoms with Crippen LogP contribution in [0.1, 0.15) is 19.3 Å². The Bertz CT molecular complexity index is 341. The zero-order valence-corrected chi connectivity index (χ0v) is 9.58. The molecule has 0 saturated carbocycles. The maximum absolute atomic E-state index is 12.5. The van der Waals surface area contributed by atoms with Crippen molar-refractivity contribution < 1.29 is 9.09 Å². The van der Waals surface area contributed by atoms with Crippen LogP contribution in [-0.2, 0) is 9.09 Å². The lowest BCUT2D eigenvalue weighted by Crippen LogP contribution is -2.24. The molecule has 15 heavy (non-hydrogen) atoms. The van der Waals surface area contributed by atoms with Gasteiger partial charge in [0.05, 0.1) is 11.9 Å². The van der Waals surface area contributed by atoms with Crippen LogP contribution in [0.15, 0.2) is 30.3 Å². The first-order valence-electron chi connectivity index (χ1n) is 5.37. The first-order valence-corrected chi connectivity index (χ1v) is 6.99. The van der Waals surface area contributed by atoms with Gasteiger partial charge >= 0.3 is 0 Å². The van der Waals surface area contributed by atoms with Crippen LogP contribution in [0.3, 0.4) is 0 Å². The molecule has 4 heteroatoms. The summed E-state index contributed by atoms with van der Waals surface area (Å²) in [5.74, 6) is 0. The van der Waals surface area contributed by atoms with Crippen LogP contribution in [-0.4, -0.2) is 13.2 Å². The Morgan fingerprint density at radius 3 is 2.73 bits per heavy atom. The molecule has 0 amide bonds. The van der Waals surface area contributed by atoms with E-state index in [1.165, 1.54) is 0 Å². The third kappa shape index (κ3) is 2.69. The molecule has 1 aliphatic rings. The predicted octanol–water partition coefficient (Wildman–Crippen LogP) is 2.30. The third-order valence-electron chi connectivity index (χ3n) is 2.51. The summed E-state index contributed by atoms with van der Waals surface area (Å²) >= 11 is 0. The molecule has 2 rings (SSSR count). The molecular formula is C11H16NO2P. The van der Waals surface area contributed by atoms with Gasteiger partial charge in [0.2, 0.25) is 0 Å². The van der Waals surface area contributed by atoms with Crippen molar-refractivity contribution in [2.75, 3.05) is 13.2 Å². The van der Waals surface area contributed by atoms with E-state index in [0.29, 0.717) is 6.61 Å². The normalized spacial score (nSPS) is 28.0. The zero-order valence-electron chi connectivity index (χ0n) is 8.69. The largest absolute Gasteiger partial charge is 0.314 e. The Labute approximate surface area is 90.3 Å². The zero-order chi connectivity index (χ0) is 10.6. The molecule has 0 aromatic heterocycles. The molecule has 1 aliphatic heterocycles. The predicted molar refractivity (Wildman–Crippen MR) is 61.5 cm³/mol. The maximum Gasteiger partial charge on any atom is 0.299 e. The molecule has 1 unspecified atom stereocenters. The molecule has 0 bridgehead atoms. The van der Waals surface area contributed by atoms with E-state index in [1.807, 2.05) is 30.3 Å². The van der Waals surface area contributed by atoms with Gasteiger partial charge in [0.15, 0.2) is 0 Å². The summed E-state index contributed by atoms with van der Waals surface area (Å²) in [6, 6.07) is 9.40. The van der Waals surface area contributed by atoms with Gasteiger partial charge in [0, 0.05) is 6.54 Å². The summed E-state index contributed by atoms with van der Waals surface area (Å²) in [6.07, 6.45) is 3.21. The van der Waals surface area contributed by atoms with E-state index in [9.17, 15) is 4.57 Å². The van der Waals surface area contributed by atoms with Gasteiger partial charge in [-0.2, -0.15) is 0 Å². The average molecular weight is 225 g/mol. The lowest BCUT2D eigenvalue weighted by molar-refractivity contribution is 0.293. The topological polar surface area (TPSA) is 38.3 Å². The number of nitrogens with one attached hydrogen (secondary N) is 1. The van der Waals surface area contributed by atoms with Crippen LogP contribution < -0.4 is 10.4 Å². The lowest BCUT2D eigenvalue weighted by Gasteiger charge is -2.22. The molecule has 1 atom stereocenters. The lowest BCUT2D eigenvalue weighted by atomic mass is 10.2. The molecular weight excluding hydrogens is 209 g/mol. The first-order chi connectivity index (χ1) is 7.31. The number of benzene rings is 1. The molecule has 0 radical (unpaired) electrons. The Kier molecular flexibility index (Phi) is 3.57. The van der Waals surface area contributed by atoms with Crippen molar-refractivity contribution in [1.82, 2.24) is 5.09 Å². The van der Waals surface area contributed by atoms with Crippen LogP contribution >= 0.6 is 7.52 Å². The van der Waals surface area contributed by atoms with Crippen LogP contribution in [0.4, 0.5) is 0 Å². The molecule has 1 fully saturated rings. The number of hydrogen-bond donors (Lipinski definition) is 1. The second-order valence-electron chi connectivity index (χ2n) is 3.69. The fourth-order valence-corrected chi connectivity index (χ4v) is 3.49. The number of rotatable bonds is 1. The first kappa shape index (κ1) is 10.9. The minimum absolute atomic E-state index is 0.583. The van der Waals surface area contributed by atoms with Gasteiger partial charge in [-0.1, -0.05) is 18.2 Å². The van der Waals surface area contributed by atoms with Crippen molar-refractivity contribution in [3.05, 3.63) is 30.3 Å². The fourth-order valence-electron chi connectivity index (χ4n) is 1.66. The van der Waals surface area contributed by atoms with Crippen molar-refractivity contribution in [1.29, 1.82) is 0 Å². The summed E-state index contributed by atoms with van der Waals surface area (Å²) in [7, 11) is -2.79. The highest BCUT2D eigenvalue weighted by Crippen LogP contribution is 2.41. The smallest absolute Gasteiger partial charge is 0.299 e. The van der Waals surface area contributed by atoms with E-state index in [-0.39, 0.29) is 0 Å². The van der Waals surface area contributed by atoms with Gasteiger partial charge in [-0.3, -0.25) is 4.57 Å². The van der Waals surface area contributed by atoms with E-state index < -0.39 is 7.52 Å². The van der Waals surface area contributed by atoms with Crippen molar-refractivity contribution in [2.24, 2.45) is 0 Å². The molecule has 1 saturated heterocycles. The Morgan fingerprint density at radius 1 is 1.13 bits per heavy atom. The van der Waals surface area contributed by atoms with Crippen molar-refractivity contribution >= 4 is 12.8 Å². The molecule has 82 valence electrons. The van der Waals surface area contributed by atoms with Crippen molar-refractivity contribution in [3.63, 3.8) is 0 Å². The highest BCUT2D eigenvalue weighted by atomic mass is 31.2. The summed E-state index contributed by atoms with van der Waals surface area (Å²) in [5, 5.41) is 3.82. The Balaban J connectivity index is 2.20. The van der Waals surface area contributed by atoms with E-state index in [4.69, 9.17) is 4.52 Å². The Morgan fingerprint density at radius 2 is 1.93 bits per heavy atom. The van der Waals surface area contributed by atoms with Crippen LogP contribution in [0.2, 0.25) is 0 Å². The average Bonchev–Trinajstić information content (AvgIpc) is 2.25. The molecule has 1 aromatic carbocycles. The summed E-state index contributed by atoms with van der Waals surface area (Å²) in [5.41, 5.74) is 0. The number of hydrogen-bond acceptors (Lipinski definition) is 2. The van der Waals surface area contributed by atoms with E-state index >= 15 is 0 Å². The second-order valence-corrected chi connectivity index (χ2v) is 5.88. The molecule has 1 N–H and O–H groups in total. The summed E-state index contributed by atoms with van der Waals surface area (Å²) < 4.78 is 18.0. The second kappa shape index (κ2) is 4.93.